The van der Waals surface area contributed by atoms with Gasteiger partial charge in [0.15, 0.2) is 0 Å². The van der Waals surface area contributed by atoms with Gasteiger partial charge in [-0.05, 0) is 57.2 Å². The average molecular weight is 366 g/mol. The molecule has 0 aromatic heterocycles. The summed E-state index contributed by atoms with van der Waals surface area (Å²) < 4.78 is 0. The van der Waals surface area contributed by atoms with E-state index in [2.05, 4.69) is 10.6 Å². The Bertz CT molecular complexity index is 646. The van der Waals surface area contributed by atoms with Crippen molar-refractivity contribution in [1.29, 1.82) is 0 Å². The first kappa shape index (κ1) is 19.7. The molecule has 2 rings (SSSR count). The van der Waals surface area contributed by atoms with Crippen LogP contribution in [0.15, 0.2) is 18.2 Å². The second kappa shape index (κ2) is 8.19. The lowest BCUT2D eigenvalue weighted by atomic mass is 10.00. The molecule has 1 fully saturated rings. The Hall–Kier alpha value is -1.59. The zero-order valence-electron chi connectivity index (χ0n) is 15.2. The smallest absolute Gasteiger partial charge is 0.253 e. The lowest BCUT2D eigenvalue weighted by Gasteiger charge is -2.24. The highest BCUT2D eigenvalue weighted by molar-refractivity contribution is 6.34. The highest BCUT2D eigenvalue weighted by atomic mass is 35.5. The van der Waals surface area contributed by atoms with E-state index >= 15 is 0 Å². The van der Waals surface area contributed by atoms with Gasteiger partial charge in [0, 0.05) is 23.7 Å². The second-order valence-corrected chi connectivity index (χ2v) is 7.90. The van der Waals surface area contributed by atoms with E-state index in [0.29, 0.717) is 22.7 Å². The molecule has 0 saturated heterocycles. The predicted octanol–water partition coefficient (Wildman–Crippen LogP) is 3.71. The van der Waals surface area contributed by atoms with Crippen molar-refractivity contribution in [2.45, 2.75) is 64.5 Å². The molecule has 0 heterocycles. The molecular formula is C19H28ClN3O2. The second-order valence-electron chi connectivity index (χ2n) is 7.49. The molecule has 2 atom stereocenters. The third kappa shape index (κ3) is 5.44. The van der Waals surface area contributed by atoms with Gasteiger partial charge in [0.25, 0.3) is 5.91 Å². The lowest BCUT2D eigenvalue weighted by molar-refractivity contribution is -0.117. The van der Waals surface area contributed by atoms with Gasteiger partial charge in [-0.15, -0.1) is 0 Å². The van der Waals surface area contributed by atoms with Gasteiger partial charge in [-0.2, -0.15) is 0 Å². The van der Waals surface area contributed by atoms with Gasteiger partial charge in [-0.25, -0.2) is 0 Å². The Labute approximate surface area is 154 Å². The average Bonchev–Trinajstić information content (AvgIpc) is 2.91. The van der Waals surface area contributed by atoms with E-state index in [-0.39, 0.29) is 29.3 Å². The van der Waals surface area contributed by atoms with Crippen LogP contribution in [0, 0.1) is 5.92 Å². The quantitative estimate of drug-likeness (QED) is 0.718. The Morgan fingerprint density at radius 3 is 2.60 bits per heavy atom. The maximum absolute atomic E-state index is 12.3. The van der Waals surface area contributed by atoms with Gasteiger partial charge >= 0.3 is 0 Å². The molecule has 1 aliphatic rings. The van der Waals surface area contributed by atoms with Crippen molar-refractivity contribution in [3.63, 3.8) is 0 Å². The number of carbonyl (C=O) groups excluding carboxylic acids is 2. The van der Waals surface area contributed by atoms with E-state index in [1.54, 1.807) is 18.2 Å². The maximum Gasteiger partial charge on any atom is 0.253 e. The third-order valence-corrected chi connectivity index (χ3v) is 5.31. The Kier molecular flexibility index (Phi) is 6.47. The molecular weight excluding hydrogens is 338 g/mol. The number of benzene rings is 1. The number of nitrogens with two attached hydrogens (primary N) is 1. The molecule has 6 heteroatoms. The fourth-order valence-electron chi connectivity index (χ4n) is 3.01. The van der Waals surface area contributed by atoms with Crippen LogP contribution >= 0.6 is 11.6 Å². The van der Waals surface area contributed by atoms with Crippen LogP contribution in [0.3, 0.4) is 0 Å². The van der Waals surface area contributed by atoms with Gasteiger partial charge in [-0.3, -0.25) is 9.59 Å². The minimum atomic E-state index is -0.298. The number of carbonyl (C=O) groups is 2. The fraction of sp³-hybridized carbons (Fsp3) is 0.579. The van der Waals surface area contributed by atoms with Crippen LogP contribution in [0.2, 0.25) is 5.02 Å². The third-order valence-electron chi connectivity index (χ3n) is 5.00. The van der Waals surface area contributed by atoms with Crippen molar-refractivity contribution in [3.8, 4) is 0 Å². The van der Waals surface area contributed by atoms with Gasteiger partial charge in [-0.1, -0.05) is 24.9 Å². The van der Waals surface area contributed by atoms with E-state index in [0.717, 1.165) is 25.7 Å². The van der Waals surface area contributed by atoms with Crippen LogP contribution in [0.25, 0.3) is 0 Å². The van der Waals surface area contributed by atoms with E-state index in [1.807, 2.05) is 20.8 Å². The molecule has 138 valence electrons. The SMILES string of the molecule is CCC(C)(C)NC(=O)c1ccc(NC(=O)C[C@@H]2CCC[C@H]2N)cc1Cl. The number of rotatable bonds is 6. The first-order chi connectivity index (χ1) is 11.7. The summed E-state index contributed by atoms with van der Waals surface area (Å²) in [6.45, 7) is 5.93. The zero-order valence-corrected chi connectivity index (χ0v) is 16.0. The van der Waals surface area contributed by atoms with Gasteiger partial charge in [0.2, 0.25) is 5.91 Å². The van der Waals surface area contributed by atoms with Crippen molar-refractivity contribution in [1.82, 2.24) is 5.32 Å². The van der Waals surface area contributed by atoms with Crippen LogP contribution in [-0.2, 0) is 4.79 Å². The van der Waals surface area contributed by atoms with Gasteiger partial charge in [0.05, 0.1) is 10.6 Å². The van der Waals surface area contributed by atoms with Crippen LogP contribution in [0.1, 0.15) is 63.2 Å². The van der Waals surface area contributed by atoms with Gasteiger partial charge < -0.3 is 16.4 Å². The van der Waals surface area contributed by atoms with Crippen LogP contribution in [0.4, 0.5) is 5.69 Å². The summed E-state index contributed by atoms with van der Waals surface area (Å²) >= 11 is 6.24. The van der Waals surface area contributed by atoms with Crippen molar-refractivity contribution < 1.29 is 9.59 Å². The molecule has 4 N–H and O–H groups in total. The molecule has 0 unspecified atom stereocenters. The summed E-state index contributed by atoms with van der Waals surface area (Å²) in [5, 5.41) is 6.12. The van der Waals surface area contributed by atoms with Crippen LogP contribution < -0.4 is 16.4 Å². The molecule has 25 heavy (non-hydrogen) atoms. The highest BCUT2D eigenvalue weighted by Gasteiger charge is 2.26. The molecule has 1 saturated carbocycles. The fourth-order valence-corrected chi connectivity index (χ4v) is 3.28. The summed E-state index contributed by atoms with van der Waals surface area (Å²) in [7, 11) is 0. The molecule has 1 aromatic carbocycles. The summed E-state index contributed by atoms with van der Waals surface area (Å²) in [5.41, 5.74) is 6.71. The minimum absolute atomic E-state index is 0.0669. The summed E-state index contributed by atoms with van der Waals surface area (Å²) in [6, 6.07) is 5.07. The number of halogens is 1. The van der Waals surface area contributed by atoms with Crippen LogP contribution in [-0.4, -0.2) is 23.4 Å². The van der Waals surface area contributed by atoms with E-state index in [1.165, 1.54) is 0 Å². The van der Waals surface area contributed by atoms with Gasteiger partial charge in [0.1, 0.15) is 0 Å². The normalized spacial score (nSPS) is 20.4. The van der Waals surface area contributed by atoms with Crippen molar-refractivity contribution in [2.75, 3.05) is 5.32 Å². The zero-order chi connectivity index (χ0) is 18.6. The molecule has 1 aliphatic carbocycles. The molecule has 0 radical (unpaired) electrons. The molecule has 1 aromatic rings. The topological polar surface area (TPSA) is 84.2 Å². The van der Waals surface area contributed by atoms with E-state index < -0.39 is 0 Å². The maximum atomic E-state index is 12.3. The van der Waals surface area contributed by atoms with E-state index in [4.69, 9.17) is 17.3 Å². The highest BCUT2D eigenvalue weighted by Crippen LogP contribution is 2.28. The van der Waals surface area contributed by atoms with E-state index in [9.17, 15) is 9.59 Å². The summed E-state index contributed by atoms with van der Waals surface area (Å²) in [5.74, 6) is -0.0359. The van der Waals surface area contributed by atoms with Crippen molar-refractivity contribution >= 4 is 29.1 Å². The number of anilines is 1. The predicted molar refractivity (Wildman–Crippen MR) is 102 cm³/mol. The Morgan fingerprint density at radius 2 is 2.04 bits per heavy atom. The Balaban J connectivity index is 1.99. The number of hydrogen-bond donors (Lipinski definition) is 3. The number of hydrogen-bond acceptors (Lipinski definition) is 3. The largest absolute Gasteiger partial charge is 0.347 e. The number of amides is 2. The molecule has 0 aliphatic heterocycles. The van der Waals surface area contributed by atoms with Crippen LogP contribution in [0.5, 0.6) is 0 Å². The van der Waals surface area contributed by atoms with Crippen molar-refractivity contribution in [2.24, 2.45) is 11.7 Å². The standard InChI is InChI=1S/C19H28ClN3O2/c1-4-19(2,3)23-18(25)14-9-8-13(11-15(14)20)22-17(24)10-12-6-5-7-16(12)21/h8-9,11-12,16H,4-7,10,21H2,1-3H3,(H,22,24)(H,23,25)/t12-,16+/m0/s1. The molecule has 5 nitrogen and oxygen atoms in total. The minimum Gasteiger partial charge on any atom is -0.347 e. The molecule has 2 amide bonds. The summed E-state index contributed by atoms with van der Waals surface area (Å²) in [4.78, 5) is 24.5. The Morgan fingerprint density at radius 1 is 1.32 bits per heavy atom. The lowest BCUT2D eigenvalue weighted by Crippen LogP contribution is -2.42. The molecule has 0 bridgehead atoms. The number of nitrogens with one attached hydrogen (secondary N) is 2. The molecule has 0 spiro atoms. The first-order valence-electron chi connectivity index (χ1n) is 8.89. The van der Waals surface area contributed by atoms with Crippen molar-refractivity contribution in [3.05, 3.63) is 28.8 Å². The summed E-state index contributed by atoms with van der Waals surface area (Å²) in [6.07, 6.45) is 4.31. The monoisotopic (exact) mass is 365 g/mol. The first-order valence-corrected chi connectivity index (χ1v) is 9.27.